The van der Waals surface area contributed by atoms with Crippen molar-refractivity contribution >= 4 is 23.2 Å². The fraction of sp³-hybridized carbons (Fsp3) is 0.316. The summed E-state index contributed by atoms with van der Waals surface area (Å²) in [6.07, 6.45) is 0. The summed E-state index contributed by atoms with van der Waals surface area (Å²) in [7, 11) is 3.39. The minimum absolute atomic E-state index is 0.205. The molecule has 0 saturated carbocycles. The second-order valence-corrected chi connectivity index (χ2v) is 6.76. The molecule has 0 aliphatic rings. The van der Waals surface area contributed by atoms with Gasteiger partial charge in [-0.3, -0.25) is 14.2 Å². The van der Waals surface area contributed by atoms with Crippen LogP contribution in [0.4, 0.5) is 5.69 Å². The Labute approximate surface area is 162 Å². The Balaban J connectivity index is 1.85. The van der Waals surface area contributed by atoms with Gasteiger partial charge in [0.25, 0.3) is 5.91 Å². The van der Waals surface area contributed by atoms with Crippen molar-refractivity contribution in [2.75, 3.05) is 12.4 Å². The van der Waals surface area contributed by atoms with Gasteiger partial charge in [0.1, 0.15) is 5.75 Å². The van der Waals surface area contributed by atoms with E-state index in [1.807, 2.05) is 49.7 Å². The second-order valence-electron chi connectivity index (χ2n) is 6.38. The lowest BCUT2D eigenvalue weighted by Crippen LogP contribution is -2.15. The Bertz CT molecular complexity index is 1010. The van der Waals surface area contributed by atoms with E-state index < -0.39 is 0 Å². The van der Waals surface area contributed by atoms with Crippen molar-refractivity contribution in [3.8, 4) is 5.75 Å². The molecule has 7 nitrogen and oxygen atoms in total. The van der Waals surface area contributed by atoms with Gasteiger partial charge in [-0.05, 0) is 38.5 Å². The van der Waals surface area contributed by atoms with E-state index in [4.69, 9.17) is 16.3 Å². The molecule has 1 N–H and O–H groups in total. The van der Waals surface area contributed by atoms with E-state index in [2.05, 4.69) is 15.5 Å². The van der Waals surface area contributed by atoms with Gasteiger partial charge in [0.15, 0.2) is 5.69 Å². The number of nitrogens with zero attached hydrogens (tertiary/aromatic N) is 4. The quantitative estimate of drug-likeness (QED) is 0.727. The molecule has 0 bridgehead atoms. The van der Waals surface area contributed by atoms with E-state index in [1.165, 1.54) is 0 Å². The number of aromatic nitrogens is 4. The summed E-state index contributed by atoms with van der Waals surface area (Å²) in [6.45, 7) is 6.16. The number of carbonyl (C=O) groups excluding carboxylic acids is 1. The minimum atomic E-state index is -0.351. The number of carbonyl (C=O) groups is 1. The zero-order chi connectivity index (χ0) is 19.7. The lowest BCUT2D eigenvalue weighted by Gasteiger charge is -2.08. The lowest BCUT2D eigenvalue weighted by atomic mass is 10.2. The van der Waals surface area contributed by atoms with Crippen molar-refractivity contribution in [2.24, 2.45) is 7.05 Å². The van der Waals surface area contributed by atoms with Crippen LogP contribution in [0.3, 0.4) is 0 Å². The van der Waals surface area contributed by atoms with Crippen molar-refractivity contribution in [1.29, 1.82) is 0 Å². The first kappa shape index (κ1) is 19.0. The van der Waals surface area contributed by atoms with Gasteiger partial charge in [0, 0.05) is 7.05 Å². The number of ether oxygens (including phenoxy) is 1. The molecular formula is C19H22ClN5O2. The van der Waals surface area contributed by atoms with Crippen LogP contribution in [0.2, 0.25) is 5.02 Å². The topological polar surface area (TPSA) is 74.0 Å². The molecule has 3 rings (SSSR count). The van der Waals surface area contributed by atoms with Crippen LogP contribution in [-0.2, 0) is 13.6 Å². The molecule has 2 heterocycles. The highest BCUT2D eigenvalue weighted by molar-refractivity contribution is 6.34. The number of aryl methyl sites for hydroxylation is 2. The lowest BCUT2D eigenvalue weighted by molar-refractivity contribution is 0.102. The van der Waals surface area contributed by atoms with Gasteiger partial charge < -0.3 is 10.1 Å². The maximum Gasteiger partial charge on any atom is 0.277 e. The van der Waals surface area contributed by atoms with Gasteiger partial charge in [-0.1, -0.05) is 23.7 Å². The number of anilines is 1. The Morgan fingerprint density at radius 3 is 2.59 bits per heavy atom. The molecule has 0 aliphatic heterocycles. The van der Waals surface area contributed by atoms with Crippen LogP contribution in [0.25, 0.3) is 0 Å². The number of hydrogen-bond acceptors (Lipinski definition) is 4. The second kappa shape index (κ2) is 7.44. The zero-order valence-electron chi connectivity index (χ0n) is 16.0. The Morgan fingerprint density at radius 1 is 1.22 bits per heavy atom. The Hall–Kier alpha value is -2.80. The van der Waals surface area contributed by atoms with Crippen molar-refractivity contribution in [3.05, 3.63) is 57.6 Å². The molecule has 3 aromatic rings. The summed E-state index contributed by atoms with van der Waals surface area (Å²) in [5, 5.41) is 12.0. The minimum Gasteiger partial charge on any atom is -0.497 e. The number of halogens is 1. The highest BCUT2D eigenvalue weighted by Crippen LogP contribution is 2.24. The molecule has 1 aromatic carbocycles. The molecule has 1 amide bonds. The zero-order valence-corrected chi connectivity index (χ0v) is 16.8. The van der Waals surface area contributed by atoms with Gasteiger partial charge in [-0.25, -0.2) is 0 Å². The van der Waals surface area contributed by atoms with Crippen LogP contribution in [0.5, 0.6) is 5.75 Å². The third-order valence-corrected chi connectivity index (χ3v) is 5.02. The monoisotopic (exact) mass is 387 g/mol. The van der Waals surface area contributed by atoms with Gasteiger partial charge in [-0.15, -0.1) is 0 Å². The molecule has 142 valence electrons. The molecule has 0 atom stereocenters. The van der Waals surface area contributed by atoms with E-state index in [0.29, 0.717) is 17.3 Å². The van der Waals surface area contributed by atoms with Gasteiger partial charge in [0.05, 0.1) is 41.4 Å². The number of nitrogens with one attached hydrogen (secondary N) is 1. The van der Waals surface area contributed by atoms with Crippen LogP contribution in [0.15, 0.2) is 24.3 Å². The van der Waals surface area contributed by atoms with Crippen LogP contribution in [0.1, 0.15) is 33.1 Å². The van der Waals surface area contributed by atoms with E-state index in [9.17, 15) is 4.79 Å². The first-order chi connectivity index (χ1) is 12.8. The Morgan fingerprint density at radius 2 is 1.96 bits per heavy atom. The summed E-state index contributed by atoms with van der Waals surface area (Å²) in [5.74, 6) is 0.443. The average Bonchev–Trinajstić information content (AvgIpc) is 3.06. The molecule has 27 heavy (non-hydrogen) atoms. The SMILES string of the molecule is COc1cccc(Cn2nc(C)c(NC(=O)c3nn(C)c(C)c3Cl)c2C)c1. The highest BCUT2D eigenvalue weighted by Gasteiger charge is 2.21. The predicted octanol–water partition coefficient (Wildman–Crippen LogP) is 3.50. The first-order valence-electron chi connectivity index (χ1n) is 8.49. The van der Waals surface area contributed by atoms with Crippen molar-refractivity contribution in [2.45, 2.75) is 27.3 Å². The van der Waals surface area contributed by atoms with Crippen molar-refractivity contribution in [1.82, 2.24) is 19.6 Å². The summed E-state index contributed by atoms with van der Waals surface area (Å²) >= 11 is 6.22. The van der Waals surface area contributed by atoms with E-state index >= 15 is 0 Å². The average molecular weight is 388 g/mol. The molecule has 0 fully saturated rings. The normalized spacial score (nSPS) is 10.9. The fourth-order valence-electron chi connectivity index (χ4n) is 2.88. The molecular weight excluding hydrogens is 366 g/mol. The molecule has 0 saturated heterocycles. The molecule has 2 aromatic heterocycles. The van der Waals surface area contributed by atoms with Crippen LogP contribution in [0, 0.1) is 20.8 Å². The summed E-state index contributed by atoms with van der Waals surface area (Å²) in [4.78, 5) is 12.6. The summed E-state index contributed by atoms with van der Waals surface area (Å²) < 4.78 is 8.71. The summed E-state index contributed by atoms with van der Waals surface area (Å²) in [5.41, 5.74) is 4.25. The molecule has 0 unspecified atom stereocenters. The number of methoxy groups -OCH3 is 1. The molecule has 8 heteroatoms. The molecule has 0 spiro atoms. The van der Waals surface area contributed by atoms with Crippen molar-refractivity contribution in [3.63, 3.8) is 0 Å². The maximum atomic E-state index is 12.6. The number of hydrogen-bond donors (Lipinski definition) is 1. The third kappa shape index (κ3) is 3.68. The third-order valence-electron chi connectivity index (χ3n) is 4.56. The highest BCUT2D eigenvalue weighted by atomic mass is 35.5. The fourth-order valence-corrected chi connectivity index (χ4v) is 3.12. The van der Waals surface area contributed by atoms with Crippen LogP contribution in [-0.4, -0.2) is 32.6 Å². The first-order valence-corrected chi connectivity index (χ1v) is 8.87. The Kier molecular flexibility index (Phi) is 5.23. The molecule has 0 radical (unpaired) electrons. The number of benzene rings is 1. The van der Waals surface area contributed by atoms with Crippen LogP contribution >= 0.6 is 11.6 Å². The van der Waals surface area contributed by atoms with E-state index in [-0.39, 0.29) is 11.6 Å². The van der Waals surface area contributed by atoms with Gasteiger partial charge >= 0.3 is 0 Å². The smallest absolute Gasteiger partial charge is 0.277 e. The van der Waals surface area contributed by atoms with Gasteiger partial charge in [-0.2, -0.15) is 10.2 Å². The van der Waals surface area contributed by atoms with E-state index in [0.717, 1.165) is 28.4 Å². The predicted molar refractivity (Wildman–Crippen MR) is 105 cm³/mol. The van der Waals surface area contributed by atoms with Crippen LogP contribution < -0.4 is 10.1 Å². The van der Waals surface area contributed by atoms with Gasteiger partial charge in [0.2, 0.25) is 0 Å². The molecule has 0 aliphatic carbocycles. The summed E-state index contributed by atoms with van der Waals surface area (Å²) in [6, 6.07) is 7.81. The largest absolute Gasteiger partial charge is 0.497 e. The number of rotatable bonds is 5. The maximum absolute atomic E-state index is 12.6. The standard InChI is InChI=1S/C19H22ClN5O2/c1-11-17(21-19(26)18-16(20)12(2)24(4)23-18)13(3)25(22-11)10-14-7-6-8-15(9-14)27-5/h6-9H,10H2,1-5H3,(H,21,26). The number of amides is 1. The van der Waals surface area contributed by atoms with E-state index in [1.54, 1.807) is 18.8 Å². The van der Waals surface area contributed by atoms with Crippen molar-refractivity contribution < 1.29 is 9.53 Å².